The van der Waals surface area contributed by atoms with Crippen molar-refractivity contribution in [1.82, 2.24) is 15.5 Å². The summed E-state index contributed by atoms with van der Waals surface area (Å²) in [6, 6.07) is 9.67. The van der Waals surface area contributed by atoms with Gasteiger partial charge in [-0.1, -0.05) is 30.3 Å². The number of nitrogens with zero attached hydrogens (tertiary/aromatic N) is 1. The molecule has 0 spiro atoms. The summed E-state index contributed by atoms with van der Waals surface area (Å²) in [6.07, 6.45) is 2.64. The minimum atomic E-state index is -0.397. The van der Waals surface area contributed by atoms with Crippen molar-refractivity contribution in [3.63, 3.8) is 0 Å². The summed E-state index contributed by atoms with van der Waals surface area (Å²) in [5.74, 6) is -0.157. The van der Waals surface area contributed by atoms with Crippen molar-refractivity contribution in [2.45, 2.75) is 31.4 Å². The van der Waals surface area contributed by atoms with Gasteiger partial charge in [0.1, 0.15) is 6.04 Å². The van der Waals surface area contributed by atoms with Crippen molar-refractivity contribution < 1.29 is 14.3 Å². The second-order valence-electron chi connectivity index (χ2n) is 6.41. The first-order chi connectivity index (χ1) is 11.7. The van der Waals surface area contributed by atoms with Crippen molar-refractivity contribution >= 4 is 11.8 Å². The highest BCUT2D eigenvalue weighted by atomic mass is 16.5. The van der Waals surface area contributed by atoms with Crippen LogP contribution in [0.1, 0.15) is 30.9 Å². The first kappa shape index (κ1) is 16.9. The summed E-state index contributed by atoms with van der Waals surface area (Å²) in [7, 11) is 0. The molecule has 6 heteroatoms. The fraction of sp³-hybridized carbons (Fsp3) is 0.556. The van der Waals surface area contributed by atoms with Crippen LogP contribution in [0.4, 0.5) is 0 Å². The molecule has 2 saturated heterocycles. The summed E-state index contributed by atoms with van der Waals surface area (Å²) in [6.45, 7) is 3.03. The van der Waals surface area contributed by atoms with Gasteiger partial charge in [-0.3, -0.25) is 14.5 Å². The van der Waals surface area contributed by atoms with E-state index in [0.717, 1.165) is 24.9 Å². The third-order valence-corrected chi connectivity index (χ3v) is 4.56. The fourth-order valence-electron chi connectivity index (χ4n) is 3.24. The molecule has 0 aliphatic carbocycles. The molecule has 2 aliphatic rings. The van der Waals surface area contributed by atoms with Crippen LogP contribution in [0.5, 0.6) is 0 Å². The Balaban J connectivity index is 1.51. The highest BCUT2D eigenvalue weighted by molar-refractivity contribution is 5.88. The molecule has 1 aromatic carbocycles. The largest absolute Gasteiger partial charge is 0.371 e. The molecule has 6 nitrogen and oxygen atoms in total. The van der Waals surface area contributed by atoms with Gasteiger partial charge >= 0.3 is 0 Å². The van der Waals surface area contributed by atoms with Crippen LogP contribution in [-0.4, -0.2) is 55.5 Å². The standard InChI is InChI=1S/C18H25N3O3/c22-17(20-15-8-4-5-9-19-18(15)23)13-21-10-11-24-16(12-21)14-6-2-1-3-7-14/h1-3,6-7,15-16H,4-5,8-13H2,(H,19,23)(H,20,22)/t15-,16-/m0/s1. The Bertz CT molecular complexity index is 564. The van der Waals surface area contributed by atoms with E-state index in [2.05, 4.69) is 15.5 Å². The van der Waals surface area contributed by atoms with Gasteiger partial charge in [-0.05, 0) is 24.8 Å². The number of benzene rings is 1. The first-order valence-electron chi connectivity index (χ1n) is 8.68. The minimum Gasteiger partial charge on any atom is -0.371 e. The van der Waals surface area contributed by atoms with Gasteiger partial charge in [0.2, 0.25) is 11.8 Å². The second kappa shape index (κ2) is 8.26. The van der Waals surface area contributed by atoms with Gasteiger partial charge in [-0.2, -0.15) is 0 Å². The maximum absolute atomic E-state index is 12.3. The van der Waals surface area contributed by atoms with Crippen LogP contribution in [-0.2, 0) is 14.3 Å². The molecule has 1 aromatic rings. The summed E-state index contributed by atoms with van der Waals surface area (Å²) in [5, 5.41) is 5.72. The molecule has 0 radical (unpaired) electrons. The quantitative estimate of drug-likeness (QED) is 0.858. The van der Waals surface area contributed by atoms with E-state index in [9.17, 15) is 9.59 Å². The smallest absolute Gasteiger partial charge is 0.242 e. The Morgan fingerprint density at radius 1 is 1.29 bits per heavy atom. The first-order valence-corrected chi connectivity index (χ1v) is 8.68. The zero-order valence-corrected chi connectivity index (χ0v) is 13.9. The van der Waals surface area contributed by atoms with Crippen LogP contribution >= 0.6 is 0 Å². The molecule has 0 unspecified atom stereocenters. The average molecular weight is 331 g/mol. The number of carbonyl (C=O) groups is 2. The van der Waals surface area contributed by atoms with Crippen LogP contribution in [0.2, 0.25) is 0 Å². The second-order valence-corrected chi connectivity index (χ2v) is 6.41. The lowest BCUT2D eigenvalue weighted by Gasteiger charge is -2.33. The molecule has 2 amide bonds. The van der Waals surface area contributed by atoms with Crippen molar-refractivity contribution in [3.8, 4) is 0 Å². The molecule has 2 heterocycles. The van der Waals surface area contributed by atoms with Crippen LogP contribution in [0.3, 0.4) is 0 Å². The van der Waals surface area contributed by atoms with Gasteiger partial charge in [-0.15, -0.1) is 0 Å². The number of ether oxygens (including phenoxy) is 1. The lowest BCUT2D eigenvalue weighted by Crippen LogP contribution is -2.50. The van der Waals surface area contributed by atoms with Gasteiger partial charge in [0.05, 0.1) is 19.3 Å². The normalized spacial score (nSPS) is 25.6. The third kappa shape index (κ3) is 4.55. The molecular weight excluding hydrogens is 306 g/mol. The summed E-state index contributed by atoms with van der Waals surface area (Å²) >= 11 is 0. The monoisotopic (exact) mass is 331 g/mol. The molecule has 2 N–H and O–H groups in total. The molecule has 24 heavy (non-hydrogen) atoms. The number of carbonyl (C=O) groups excluding carboxylic acids is 2. The Hall–Kier alpha value is -1.92. The fourth-order valence-corrected chi connectivity index (χ4v) is 3.24. The van der Waals surface area contributed by atoms with E-state index in [1.54, 1.807) is 0 Å². The Labute approximate surface area is 142 Å². The van der Waals surface area contributed by atoms with Crippen LogP contribution in [0.15, 0.2) is 30.3 Å². The number of hydrogen-bond acceptors (Lipinski definition) is 4. The van der Waals surface area contributed by atoms with Crippen LogP contribution < -0.4 is 10.6 Å². The van der Waals surface area contributed by atoms with E-state index < -0.39 is 6.04 Å². The predicted octanol–water partition coefficient (Wildman–Crippen LogP) is 0.845. The van der Waals surface area contributed by atoms with E-state index >= 15 is 0 Å². The van der Waals surface area contributed by atoms with E-state index in [1.807, 2.05) is 30.3 Å². The van der Waals surface area contributed by atoms with Crippen molar-refractivity contribution in [3.05, 3.63) is 35.9 Å². The number of nitrogens with one attached hydrogen (secondary N) is 2. The number of hydrogen-bond donors (Lipinski definition) is 2. The number of morpholine rings is 1. The highest BCUT2D eigenvalue weighted by Gasteiger charge is 2.26. The van der Waals surface area contributed by atoms with Crippen molar-refractivity contribution in [2.24, 2.45) is 0 Å². The van der Waals surface area contributed by atoms with E-state index in [-0.39, 0.29) is 17.9 Å². The van der Waals surface area contributed by atoms with Crippen LogP contribution in [0, 0.1) is 0 Å². The van der Waals surface area contributed by atoms with Crippen LogP contribution in [0.25, 0.3) is 0 Å². The maximum atomic E-state index is 12.3. The highest BCUT2D eigenvalue weighted by Crippen LogP contribution is 2.21. The van der Waals surface area contributed by atoms with Gasteiger partial charge in [0.15, 0.2) is 0 Å². The molecule has 2 fully saturated rings. The zero-order chi connectivity index (χ0) is 16.8. The summed E-state index contributed by atoms with van der Waals surface area (Å²) in [4.78, 5) is 26.3. The molecule has 130 valence electrons. The van der Waals surface area contributed by atoms with Gasteiger partial charge in [-0.25, -0.2) is 0 Å². The number of amides is 2. The Kier molecular flexibility index (Phi) is 5.82. The summed E-state index contributed by atoms with van der Waals surface area (Å²) in [5.41, 5.74) is 1.13. The minimum absolute atomic E-state index is 0.00562. The summed E-state index contributed by atoms with van der Waals surface area (Å²) < 4.78 is 5.82. The Morgan fingerprint density at radius 2 is 2.12 bits per heavy atom. The Morgan fingerprint density at radius 3 is 2.96 bits per heavy atom. The maximum Gasteiger partial charge on any atom is 0.242 e. The SMILES string of the molecule is O=C(CN1CCO[C@H](c2ccccc2)C1)N[C@H]1CCCCNC1=O. The van der Waals surface area contributed by atoms with E-state index in [1.165, 1.54) is 0 Å². The van der Waals surface area contributed by atoms with Gasteiger partial charge < -0.3 is 15.4 Å². The van der Waals surface area contributed by atoms with Gasteiger partial charge in [0, 0.05) is 19.6 Å². The lowest BCUT2D eigenvalue weighted by atomic mass is 10.1. The molecule has 2 atom stereocenters. The van der Waals surface area contributed by atoms with Gasteiger partial charge in [0.25, 0.3) is 0 Å². The van der Waals surface area contributed by atoms with Crippen molar-refractivity contribution in [2.75, 3.05) is 32.8 Å². The molecule has 0 bridgehead atoms. The molecule has 2 aliphatic heterocycles. The van der Waals surface area contributed by atoms with E-state index in [4.69, 9.17) is 4.74 Å². The molecule has 3 rings (SSSR count). The molecule has 0 aromatic heterocycles. The zero-order valence-electron chi connectivity index (χ0n) is 13.9. The third-order valence-electron chi connectivity index (χ3n) is 4.56. The topological polar surface area (TPSA) is 70.7 Å². The van der Waals surface area contributed by atoms with E-state index in [0.29, 0.717) is 32.7 Å². The number of rotatable bonds is 4. The molecular formula is C18H25N3O3. The van der Waals surface area contributed by atoms with Crippen molar-refractivity contribution in [1.29, 1.82) is 0 Å². The molecule has 0 saturated carbocycles. The average Bonchev–Trinajstić information content (AvgIpc) is 2.80. The lowest BCUT2D eigenvalue weighted by molar-refractivity contribution is -0.130. The predicted molar refractivity (Wildman–Crippen MR) is 90.4 cm³/mol.